The van der Waals surface area contributed by atoms with E-state index in [1.54, 1.807) is 0 Å². The molecular formula is C21H28O2. The van der Waals surface area contributed by atoms with E-state index >= 15 is 0 Å². The highest BCUT2D eigenvalue weighted by molar-refractivity contribution is 5.21. The summed E-state index contributed by atoms with van der Waals surface area (Å²) in [6.07, 6.45) is 10.9. The Morgan fingerprint density at radius 1 is 1.13 bits per heavy atom. The molecule has 0 amide bonds. The van der Waals surface area contributed by atoms with Crippen LogP contribution in [0.15, 0.2) is 12.2 Å². The first-order valence-corrected chi connectivity index (χ1v) is 9.54. The highest BCUT2D eigenvalue weighted by atomic mass is 16.6. The second-order valence-corrected chi connectivity index (χ2v) is 9.04. The molecule has 0 aromatic heterocycles. The van der Waals surface area contributed by atoms with Gasteiger partial charge in [0.15, 0.2) is 0 Å². The van der Waals surface area contributed by atoms with Crippen LogP contribution in [0.1, 0.15) is 39.5 Å². The van der Waals surface area contributed by atoms with Gasteiger partial charge in [-0.05, 0) is 74.5 Å². The summed E-state index contributed by atoms with van der Waals surface area (Å²) in [6.45, 7) is 5.71. The van der Waals surface area contributed by atoms with E-state index in [2.05, 4.69) is 37.8 Å². The topological polar surface area (TPSA) is 21.8 Å². The molecule has 0 radical (unpaired) electrons. The first kappa shape index (κ1) is 14.6. The molecule has 0 spiro atoms. The average molecular weight is 312 g/mol. The minimum Gasteiger partial charge on any atom is -0.371 e. The Bertz CT molecular complexity index is 576. The minimum absolute atomic E-state index is 0.324. The standard InChI is InChI=1S/C21H28O2/c1-21(2,23-12-17-11-22-17)7-3-4-13-8-16-10-18(13)20-15-6-5-14(9-15)19(16)20/h5-6,13-20H,4,8-12H2,1-2H3/t13-,14+,15+,16+,17+,18+,19-,20-/m1/s1. The second kappa shape index (κ2) is 5.11. The molecule has 5 rings (SSSR count). The van der Waals surface area contributed by atoms with Crippen LogP contribution in [0.5, 0.6) is 0 Å². The van der Waals surface area contributed by atoms with Gasteiger partial charge in [-0.1, -0.05) is 24.0 Å². The smallest absolute Gasteiger partial charge is 0.123 e. The normalized spacial score (nSPS) is 48.4. The van der Waals surface area contributed by atoms with Crippen molar-refractivity contribution in [3.63, 3.8) is 0 Å². The van der Waals surface area contributed by atoms with Crippen molar-refractivity contribution in [1.82, 2.24) is 0 Å². The highest BCUT2D eigenvalue weighted by Gasteiger charge is 2.60. The summed E-state index contributed by atoms with van der Waals surface area (Å²) in [5, 5.41) is 0. The van der Waals surface area contributed by atoms with Gasteiger partial charge in [0.1, 0.15) is 11.7 Å². The Kier molecular flexibility index (Phi) is 3.23. The Morgan fingerprint density at radius 3 is 2.70 bits per heavy atom. The van der Waals surface area contributed by atoms with Gasteiger partial charge in [-0.2, -0.15) is 0 Å². The van der Waals surface area contributed by atoms with Gasteiger partial charge in [-0.3, -0.25) is 0 Å². The summed E-state index contributed by atoms with van der Waals surface area (Å²) in [5.74, 6) is 13.6. The molecule has 1 aliphatic heterocycles. The van der Waals surface area contributed by atoms with Crippen molar-refractivity contribution in [2.75, 3.05) is 13.2 Å². The van der Waals surface area contributed by atoms with E-state index in [1.165, 1.54) is 19.3 Å². The molecule has 8 atom stereocenters. The van der Waals surface area contributed by atoms with E-state index < -0.39 is 0 Å². The summed E-state index contributed by atoms with van der Waals surface area (Å²) in [5.41, 5.74) is -0.332. The van der Waals surface area contributed by atoms with E-state index in [1.807, 2.05) is 0 Å². The van der Waals surface area contributed by atoms with Crippen LogP contribution in [0.2, 0.25) is 0 Å². The summed E-state index contributed by atoms with van der Waals surface area (Å²) in [4.78, 5) is 0. The van der Waals surface area contributed by atoms with Crippen LogP contribution >= 0.6 is 0 Å². The molecule has 0 aromatic carbocycles. The molecule has 1 saturated heterocycles. The van der Waals surface area contributed by atoms with Gasteiger partial charge in [0.05, 0.1) is 13.2 Å². The van der Waals surface area contributed by atoms with Gasteiger partial charge < -0.3 is 9.47 Å². The van der Waals surface area contributed by atoms with Crippen LogP contribution in [-0.4, -0.2) is 24.9 Å². The van der Waals surface area contributed by atoms with E-state index in [4.69, 9.17) is 9.47 Å². The van der Waals surface area contributed by atoms with Crippen LogP contribution in [0, 0.1) is 53.3 Å². The fourth-order valence-electron chi connectivity index (χ4n) is 6.28. The lowest BCUT2D eigenvalue weighted by Gasteiger charge is -2.36. The summed E-state index contributed by atoms with van der Waals surface area (Å²) >= 11 is 0. The fourth-order valence-corrected chi connectivity index (χ4v) is 6.28. The maximum absolute atomic E-state index is 5.88. The summed E-state index contributed by atoms with van der Waals surface area (Å²) in [6, 6.07) is 0. The third kappa shape index (κ3) is 2.48. The van der Waals surface area contributed by atoms with Crippen molar-refractivity contribution in [2.45, 2.75) is 51.2 Å². The van der Waals surface area contributed by atoms with Gasteiger partial charge in [0.2, 0.25) is 0 Å². The quantitative estimate of drug-likeness (QED) is 0.342. The van der Waals surface area contributed by atoms with E-state index in [0.29, 0.717) is 12.7 Å². The molecule has 3 saturated carbocycles. The molecule has 4 fully saturated rings. The third-order valence-electron chi connectivity index (χ3n) is 7.19. The Hall–Kier alpha value is -0.780. The van der Waals surface area contributed by atoms with Crippen LogP contribution in [0.4, 0.5) is 0 Å². The van der Waals surface area contributed by atoms with E-state index in [0.717, 1.165) is 54.5 Å². The summed E-state index contributed by atoms with van der Waals surface area (Å²) < 4.78 is 11.1. The van der Waals surface area contributed by atoms with Crippen molar-refractivity contribution in [3.05, 3.63) is 12.2 Å². The number of fused-ring (bicyclic) bond motifs is 9. The molecule has 2 heteroatoms. The predicted molar refractivity (Wildman–Crippen MR) is 89.6 cm³/mol. The van der Waals surface area contributed by atoms with Gasteiger partial charge >= 0.3 is 0 Å². The van der Waals surface area contributed by atoms with Gasteiger partial charge in [0, 0.05) is 6.42 Å². The zero-order chi connectivity index (χ0) is 15.6. The van der Waals surface area contributed by atoms with Crippen molar-refractivity contribution in [3.8, 4) is 11.8 Å². The second-order valence-electron chi connectivity index (χ2n) is 9.04. The molecule has 1 heterocycles. The number of rotatable bonds is 4. The molecule has 23 heavy (non-hydrogen) atoms. The minimum atomic E-state index is -0.332. The molecule has 0 aromatic rings. The first-order valence-electron chi connectivity index (χ1n) is 9.54. The fraction of sp³-hybridized carbons (Fsp3) is 0.810. The zero-order valence-corrected chi connectivity index (χ0v) is 14.3. The van der Waals surface area contributed by atoms with Crippen molar-refractivity contribution < 1.29 is 9.47 Å². The van der Waals surface area contributed by atoms with Crippen LogP contribution in [0.25, 0.3) is 0 Å². The predicted octanol–water partition coefficient (Wildman–Crippen LogP) is 3.67. The third-order valence-corrected chi connectivity index (χ3v) is 7.19. The number of hydrogen-bond donors (Lipinski definition) is 0. The van der Waals surface area contributed by atoms with Crippen molar-refractivity contribution >= 4 is 0 Å². The molecule has 0 N–H and O–H groups in total. The molecule has 4 aliphatic carbocycles. The van der Waals surface area contributed by atoms with Gasteiger partial charge in [-0.15, -0.1) is 0 Å². The van der Waals surface area contributed by atoms with Crippen LogP contribution in [0.3, 0.4) is 0 Å². The number of epoxide rings is 1. The Labute approximate surface area is 140 Å². The van der Waals surface area contributed by atoms with Crippen molar-refractivity contribution in [1.29, 1.82) is 0 Å². The summed E-state index contributed by atoms with van der Waals surface area (Å²) in [7, 11) is 0. The molecule has 4 bridgehead atoms. The zero-order valence-electron chi connectivity index (χ0n) is 14.3. The van der Waals surface area contributed by atoms with E-state index in [9.17, 15) is 0 Å². The maximum atomic E-state index is 5.88. The van der Waals surface area contributed by atoms with Gasteiger partial charge in [-0.25, -0.2) is 0 Å². The maximum Gasteiger partial charge on any atom is 0.123 e. The van der Waals surface area contributed by atoms with Crippen LogP contribution < -0.4 is 0 Å². The van der Waals surface area contributed by atoms with Gasteiger partial charge in [0.25, 0.3) is 0 Å². The molecular weight excluding hydrogens is 284 g/mol. The average Bonchev–Trinajstić information content (AvgIpc) is 2.92. The lowest BCUT2D eigenvalue weighted by molar-refractivity contribution is 0.0177. The Morgan fingerprint density at radius 2 is 1.91 bits per heavy atom. The molecule has 124 valence electrons. The molecule has 5 aliphatic rings. The Balaban J connectivity index is 1.20. The lowest BCUT2D eigenvalue weighted by Crippen LogP contribution is -2.31. The SMILES string of the molecule is CC(C)(C#CC[C@@H]1C[C@H]2C[C@@H]1[C@@H]1[C@@H]2[C@H]2C=C[C@H]1C2)OC[C@@H]1CO1. The number of allylic oxidation sites excluding steroid dienone is 2. The highest BCUT2D eigenvalue weighted by Crippen LogP contribution is 2.67. The van der Waals surface area contributed by atoms with E-state index in [-0.39, 0.29) is 5.60 Å². The first-order chi connectivity index (χ1) is 11.1. The van der Waals surface area contributed by atoms with Crippen LogP contribution in [-0.2, 0) is 9.47 Å². The largest absolute Gasteiger partial charge is 0.371 e. The molecule has 0 unspecified atom stereocenters. The molecule has 2 nitrogen and oxygen atoms in total. The van der Waals surface area contributed by atoms with Crippen molar-refractivity contribution in [2.24, 2.45) is 41.4 Å². The number of ether oxygens (including phenoxy) is 2. The number of hydrogen-bond acceptors (Lipinski definition) is 2. The lowest BCUT2D eigenvalue weighted by atomic mass is 9.69. The monoisotopic (exact) mass is 312 g/mol.